The molecule has 2 fully saturated rings. The topological polar surface area (TPSA) is 45.7 Å². The van der Waals surface area contributed by atoms with Crippen molar-refractivity contribution in [1.29, 1.82) is 0 Å². The number of aromatic nitrogens is 1. The maximum atomic E-state index is 12.4. The molecule has 6 heteroatoms. The van der Waals surface area contributed by atoms with Gasteiger partial charge in [0.15, 0.2) is 0 Å². The van der Waals surface area contributed by atoms with E-state index in [4.69, 9.17) is 21.3 Å². The lowest BCUT2D eigenvalue weighted by Crippen LogP contribution is -2.45. The summed E-state index contributed by atoms with van der Waals surface area (Å²) in [4.78, 5) is 21.9. The van der Waals surface area contributed by atoms with Crippen LogP contribution in [0.25, 0.3) is 0 Å². The van der Waals surface area contributed by atoms with Gasteiger partial charge in [-0.1, -0.05) is 23.7 Å². The number of amides is 1. The quantitative estimate of drug-likeness (QED) is 0.491. The van der Waals surface area contributed by atoms with E-state index >= 15 is 0 Å². The summed E-state index contributed by atoms with van der Waals surface area (Å²) in [5.41, 5.74) is 4.88. The highest BCUT2D eigenvalue weighted by Gasteiger charge is 2.36. The molecule has 1 atom stereocenters. The third kappa shape index (κ3) is 5.51. The van der Waals surface area contributed by atoms with Crippen LogP contribution >= 0.6 is 11.6 Å². The van der Waals surface area contributed by atoms with Gasteiger partial charge in [-0.3, -0.25) is 9.88 Å². The van der Waals surface area contributed by atoms with Gasteiger partial charge >= 0.3 is 6.09 Å². The zero-order valence-corrected chi connectivity index (χ0v) is 22.1. The van der Waals surface area contributed by atoms with Gasteiger partial charge in [-0.25, -0.2) is 4.79 Å². The molecule has 3 heterocycles. The molecule has 2 aromatic rings. The lowest BCUT2D eigenvalue weighted by molar-refractivity contribution is 0.0129. The van der Waals surface area contributed by atoms with E-state index in [2.05, 4.69) is 29.2 Å². The SMILES string of the molecule is CC(C)(C)OC(=O)N1CCC(C2CCN([C@@H]3c4ccc(Cl)cc4CCc4cccnc43)CC2)CC1. The Kier molecular flexibility index (Phi) is 7.09. The van der Waals surface area contributed by atoms with E-state index in [1.165, 1.54) is 35.2 Å². The minimum atomic E-state index is -0.434. The Morgan fingerprint density at radius 1 is 0.971 bits per heavy atom. The summed E-state index contributed by atoms with van der Waals surface area (Å²) in [6, 6.07) is 10.9. The first-order valence-electron chi connectivity index (χ1n) is 13.2. The van der Waals surface area contributed by atoms with E-state index in [0.29, 0.717) is 5.92 Å². The van der Waals surface area contributed by atoms with E-state index in [9.17, 15) is 4.79 Å². The number of pyridine rings is 1. The van der Waals surface area contributed by atoms with E-state index in [-0.39, 0.29) is 12.1 Å². The number of rotatable bonds is 2. The highest BCUT2D eigenvalue weighted by molar-refractivity contribution is 6.30. The van der Waals surface area contributed by atoms with Gasteiger partial charge in [-0.05, 0) is 119 Å². The number of benzene rings is 1. The van der Waals surface area contributed by atoms with Crippen LogP contribution in [0.2, 0.25) is 5.02 Å². The maximum Gasteiger partial charge on any atom is 0.410 e. The van der Waals surface area contributed by atoms with E-state index in [0.717, 1.165) is 62.8 Å². The molecule has 3 aliphatic rings. The summed E-state index contributed by atoms with van der Waals surface area (Å²) in [5.74, 6) is 1.42. The number of likely N-dealkylation sites (tertiary alicyclic amines) is 2. The summed E-state index contributed by atoms with van der Waals surface area (Å²) in [7, 11) is 0. The van der Waals surface area contributed by atoms with Gasteiger partial charge in [0.2, 0.25) is 0 Å². The molecular weight excluding hydrogens is 458 g/mol. The van der Waals surface area contributed by atoms with E-state index in [1.54, 1.807) is 0 Å². The van der Waals surface area contributed by atoms with E-state index < -0.39 is 5.60 Å². The van der Waals surface area contributed by atoms with Gasteiger partial charge in [-0.15, -0.1) is 0 Å². The molecule has 1 aliphatic carbocycles. The van der Waals surface area contributed by atoms with Gasteiger partial charge < -0.3 is 9.64 Å². The summed E-state index contributed by atoms with van der Waals surface area (Å²) >= 11 is 6.38. The highest BCUT2D eigenvalue weighted by atomic mass is 35.5. The van der Waals surface area contributed by atoms with Gasteiger partial charge in [0.25, 0.3) is 0 Å². The largest absolute Gasteiger partial charge is 0.444 e. The number of hydrogen-bond donors (Lipinski definition) is 0. The fraction of sp³-hybridized carbons (Fsp3) is 0.586. The van der Waals surface area contributed by atoms with Gasteiger partial charge in [0.05, 0.1) is 11.7 Å². The molecule has 5 rings (SSSR count). The van der Waals surface area contributed by atoms with Crippen molar-refractivity contribution in [2.45, 2.75) is 70.9 Å². The molecule has 2 aliphatic heterocycles. The van der Waals surface area contributed by atoms with Crippen LogP contribution in [0.3, 0.4) is 0 Å². The lowest BCUT2D eigenvalue weighted by Gasteiger charge is -2.42. The summed E-state index contributed by atoms with van der Waals surface area (Å²) in [6.07, 6.45) is 8.38. The second-order valence-corrected chi connectivity index (χ2v) is 11.9. The van der Waals surface area contributed by atoms with Gasteiger partial charge in [0, 0.05) is 24.3 Å². The van der Waals surface area contributed by atoms with Crippen LogP contribution in [0.1, 0.15) is 74.9 Å². The van der Waals surface area contributed by atoms with Crippen LogP contribution in [-0.2, 0) is 17.6 Å². The Morgan fingerprint density at radius 3 is 2.31 bits per heavy atom. The van der Waals surface area contributed by atoms with Crippen molar-refractivity contribution >= 4 is 17.7 Å². The van der Waals surface area contributed by atoms with Crippen LogP contribution in [-0.4, -0.2) is 52.7 Å². The molecule has 2 saturated heterocycles. The molecule has 188 valence electrons. The Hall–Kier alpha value is -2.11. The predicted molar refractivity (Wildman–Crippen MR) is 140 cm³/mol. The minimum Gasteiger partial charge on any atom is -0.444 e. The minimum absolute atomic E-state index is 0.163. The fourth-order valence-corrected chi connectivity index (χ4v) is 6.48. The zero-order chi connectivity index (χ0) is 24.6. The summed E-state index contributed by atoms with van der Waals surface area (Å²) in [6.45, 7) is 9.59. The molecule has 1 aromatic heterocycles. The van der Waals surface area contributed by atoms with Gasteiger partial charge in [-0.2, -0.15) is 0 Å². The van der Waals surface area contributed by atoms with Crippen LogP contribution in [0.4, 0.5) is 4.79 Å². The van der Waals surface area contributed by atoms with Crippen LogP contribution in [0.15, 0.2) is 36.5 Å². The van der Waals surface area contributed by atoms with E-state index in [1.807, 2.05) is 37.9 Å². The van der Waals surface area contributed by atoms with Crippen LogP contribution < -0.4 is 0 Å². The Labute approximate surface area is 214 Å². The number of carbonyl (C=O) groups excluding carboxylic acids is 1. The Balaban J connectivity index is 1.25. The maximum absolute atomic E-state index is 12.4. The number of halogens is 1. The fourth-order valence-electron chi connectivity index (χ4n) is 6.28. The predicted octanol–water partition coefficient (Wildman–Crippen LogP) is 6.28. The van der Waals surface area contributed by atoms with Crippen LogP contribution in [0, 0.1) is 11.8 Å². The Bertz CT molecular complexity index is 1050. The third-order valence-corrected chi connectivity index (χ3v) is 8.28. The van der Waals surface area contributed by atoms with Crippen molar-refractivity contribution in [3.05, 3.63) is 63.9 Å². The number of hydrogen-bond acceptors (Lipinski definition) is 4. The number of fused-ring (bicyclic) bond motifs is 2. The molecular formula is C29H38ClN3O2. The summed E-state index contributed by atoms with van der Waals surface area (Å²) < 4.78 is 5.58. The van der Waals surface area contributed by atoms with Crippen molar-refractivity contribution in [2.24, 2.45) is 11.8 Å². The number of carbonyl (C=O) groups is 1. The molecule has 0 bridgehead atoms. The normalized spacial score (nSPS) is 22.3. The standard InChI is InChI=1S/C29H38ClN3O2/c1-29(2,3)35-28(34)33-17-12-21(13-18-33)20-10-15-32(16-11-20)27-25-9-8-24(30)19-23(25)7-6-22-5-4-14-31-26(22)27/h4-5,8-9,14,19-21,27H,6-7,10-13,15-18H2,1-3H3/t27-/m1/s1. The number of piperidine rings is 2. The first-order chi connectivity index (χ1) is 16.8. The number of nitrogens with zero attached hydrogens (tertiary/aromatic N) is 3. The van der Waals surface area contributed by atoms with Crippen molar-refractivity contribution in [2.75, 3.05) is 26.2 Å². The summed E-state index contributed by atoms with van der Waals surface area (Å²) in [5, 5.41) is 0.817. The molecule has 0 unspecified atom stereocenters. The molecule has 35 heavy (non-hydrogen) atoms. The Morgan fingerprint density at radius 2 is 1.63 bits per heavy atom. The second kappa shape index (κ2) is 10.1. The number of ether oxygens (including phenoxy) is 1. The average molecular weight is 496 g/mol. The molecule has 0 spiro atoms. The molecule has 1 amide bonds. The third-order valence-electron chi connectivity index (χ3n) is 8.05. The van der Waals surface area contributed by atoms with Crippen LogP contribution in [0.5, 0.6) is 0 Å². The number of aryl methyl sites for hydroxylation is 2. The smallest absolute Gasteiger partial charge is 0.410 e. The molecule has 0 saturated carbocycles. The average Bonchev–Trinajstić information content (AvgIpc) is 3.00. The molecule has 1 aromatic carbocycles. The first-order valence-corrected chi connectivity index (χ1v) is 13.6. The molecule has 0 N–H and O–H groups in total. The second-order valence-electron chi connectivity index (χ2n) is 11.5. The zero-order valence-electron chi connectivity index (χ0n) is 21.3. The van der Waals surface area contributed by atoms with Crippen molar-refractivity contribution in [3.8, 4) is 0 Å². The first kappa shape index (κ1) is 24.6. The van der Waals surface area contributed by atoms with Crippen molar-refractivity contribution in [1.82, 2.24) is 14.8 Å². The van der Waals surface area contributed by atoms with Crippen molar-refractivity contribution < 1.29 is 9.53 Å². The lowest BCUT2D eigenvalue weighted by atomic mass is 9.78. The highest BCUT2D eigenvalue weighted by Crippen LogP contribution is 2.40. The molecule has 5 nitrogen and oxygen atoms in total. The van der Waals surface area contributed by atoms with Crippen molar-refractivity contribution in [3.63, 3.8) is 0 Å². The molecule has 0 radical (unpaired) electrons. The monoisotopic (exact) mass is 495 g/mol. The van der Waals surface area contributed by atoms with Gasteiger partial charge in [0.1, 0.15) is 5.60 Å².